The molecule has 3 rings (SSSR count). The summed E-state index contributed by atoms with van der Waals surface area (Å²) in [4.78, 5) is 37.0. The molecular weight excluding hydrogens is 351 g/mol. The molecule has 140 valence electrons. The van der Waals surface area contributed by atoms with E-state index in [1.54, 1.807) is 0 Å². The van der Waals surface area contributed by atoms with Crippen molar-refractivity contribution in [3.8, 4) is 0 Å². The fourth-order valence-electron chi connectivity index (χ4n) is 3.20. The lowest BCUT2D eigenvalue weighted by atomic mass is 10.1. The molecule has 0 radical (unpaired) electrons. The summed E-state index contributed by atoms with van der Waals surface area (Å²) in [6.07, 6.45) is -3.78. The van der Waals surface area contributed by atoms with Crippen molar-refractivity contribution in [3.05, 3.63) is 35.4 Å². The van der Waals surface area contributed by atoms with Gasteiger partial charge in [0.1, 0.15) is 5.41 Å². The Morgan fingerprint density at radius 3 is 2.50 bits per heavy atom. The lowest BCUT2D eigenvalue weighted by Gasteiger charge is -2.20. The van der Waals surface area contributed by atoms with Crippen LogP contribution < -0.4 is 11.1 Å². The highest BCUT2D eigenvalue weighted by molar-refractivity contribution is 6.07. The van der Waals surface area contributed by atoms with E-state index in [1.807, 2.05) is 0 Å². The van der Waals surface area contributed by atoms with Crippen molar-refractivity contribution in [2.45, 2.75) is 38.0 Å². The molecule has 1 heterocycles. The molecule has 26 heavy (non-hydrogen) atoms. The van der Waals surface area contributed by atoms with Crippen molar-refractivity contribution in [1.29, 1.82) is 0 Å². The van der Waals surface area contributed by atoms with Gasteiger partial charge in [0.15, 0.2) is 0 Å². The molecule has 0 bridgehead atoms. The fraction of sp³-hybridized carbons (Fsp3) is 0.471. The van der Waals surface area contributed by atoms with E-state index in [1.165, 1.54) is 23.1 Å². The van der Waals surface area contributed by atoms with Crippen LogP contribution in [0.25, 0.3) is 0 Å². The Labute approximate surface area is 147 Å². The number of halogens is 3. The van der Waals surface area contributed by atoms with Crippen LogP contribution in [-0.4, -0.2) is 35.2 Å². The smallest absolute Gasteiger partial charge is 0.369 e. The quantitative estimate of drug-likeness (QED) is 0.764. The van der Waals surface area contributed by atoms with Crippen LogP contribution in [0.15, 0.2) is 24.3 Å². The second kappa shape index (κ2) is 6.30. The number of likely N-dealkylation sites (tertiary alicyclic amines) is 1. The summed E-state index contributed by atoms with van der Waals surface area (Å²) >= 11 is 0. The Bertz CT molecular complexity index is 759. The van der Waals surface area contributed by atoms with Crippen molar-refractivity contribution in [2.24, 2.45) is 11.1 Å². The number of hydrogen-bond acceptors (Lipinski definition) is 3. The van der Waals surface area contributed by atoms with Crippen molar-refractivity contribution in [2.75, 3.05) is 6.54 Å². The first-order valence-electron chi connectivity index (χ1n) is 8.17. The zero-order valence-corrected chi connectivity index (χ0v) is 13.8. The lowest BCUT2D eigenvalue weighted by molar-refractivity contribution is -0.139. The van der Waals surface area contributed by atoms with Gasteiger partial charge in [-0.05, 0) is 24.5 Å². The number of primary amides is 1. The molecule has 1 aromatic carbocycles. The number of nitrogens with zero attached hydrogens (tertiary/aromatic N) is 1. The third kappa shape index (κ3) is 3.38. The number of nitrogens with one attached hydrogen (secondary N) is 1. The van der Waals surface area contributed by atoms with Gasteiger partial charge in [0.2, 0.25) is 17.7 Å². The topological polar surface area (TPSA) is 92.5 Å². The normalized spacial score (nSPS) is 21.6. The predicted molar refractivity (Wildman–Crippen MR) is 84.3 cm³/mol. The van der Waals surface area contributed by atoms with Gasteiger partial charge < -0.3 is 16.0 Å². The second-order valence-corrected chi connectivity index (χ2v) is 6.75. The maximum absolute atomic E-state index is 13.1. The van der Waals surface area contributed by atoms with E-state index in [0.29, 0.717) is 12.8 Å². The minimum absolute atomic E-state index is 0.00359. The number of rotatable bonds is 5. The zero-order chi connectivity index (χ0) is 19.1. The molecule has 2 aliphatic rings. The third-order valence-electron chi connectivity index (χ3n) is 4.89. The van der Waals surface area contributed by atoms with E-state index >= 15 is 0 Å². The zero-order valence-electron chi connectivity index (χ0n) is 13.8. The predicted octanol–water partition coefficient (Wildman–Crippen LogP) is 1.19. The lowest BCUT2D eigenvalue weighted by Crippen LogP contribution is -2.45. The molecule has 1 saturated carbocycles. The maximum Gasteiger partial charge on any atom is 0.416 e. The standard InChI is InChI=1S/C17H18F3N3O3/c18-17(19,20)12-4-2-1-3-10(12)8-23-9-11(7-13(23)24)22-15(26)16(5-6-16)14(21)25/h1-4,11H,5-9H2,(H2,21,25)(H,22,26)/t11-/m1/s1. The Morgan fingerprint density at radius 1 is 1.27 bits per heavy atom. The summed E-state index contributed by atoms with van der Waals surface area (Å²) in [6.45, 7) is -0.104. The van der Waals surface area contributed by atoms with E-state index in [9.17, 15) is 27.6 Å². The van der Waals surface area contributed by atoms with Gasteiger partial charge in [-0.25, -0.2) is 0 Å². The van der Waals surface area contributed by atoms with Gasteiger partial charge in [-0.1, -0.05) is 18.2 Å². The third-order valence-corrected chi connectivity index (χ3v) is 4.89. The van der Waals surface area contributed by atoms with Gasteiger partial charge >= 0.3 is 6.18 Å². The summed E-state index contributed by atoms with van der Waals surface area (Å²) in [5, 5.41) is 2.63. The van der Waals surface area contributed by atoms with Crippen LogP contribution in [0.3, 0.4) is 0 Å². The average Bonchev–Trinajstić information content (AvgIpc) is 3.29. The molecule has 6 nitrogen and oxygen atoms in total. The van der Waals surface area contributed by atoms with Crippen LogP contribution in [0, 0.1) is 5.41 Å². The largest absolute Gasteiger partial charge is 0.416 e. The SMILES string of the molecule is NC(=O)C1(C(=O)N[C@@H]2CC(=O)N(Cc3ccccc3C(F)(F)F)C2)CC1. The number of nitrogens with two attached hydrogens (primary N) is 1. The first-order valence-corrected chi connectivity index (χ1v) is 8.17. The van der Waals surface area contributed by atoms with Gasteiger partial charge in [0.25, 0.3) is 0 Å². The summed E-state index contributed by atoms with van der Waals surface area (Å²) in [5.41, 5.74) is 3.25. The molecule has 1 aliphatic carbocycles. The van der Waals surface area contributed by atoms with Gasteiger partial charge in [-0.2, -0.15) is 13.2 Å². The maximum atomic E-state index is 13.1. The van der Waals surface area contributed by atoms with Crippen molar-refractivity contribution >= 4 is 17.7 Å². The molecule has 1 saturated heterocycles. The van der Waals surface area contributed by atoms with Crippen molar-refractivity contribution in [1.82, 2.24) is 10.2 Å². The van der Waals surface area contributed by atoms with Crippen LogP contribution in [0.1, 0.15) is 30.4 Å². The van der Waals surface area contributed by atoms with Crippen molar-refractivity contribution < 1.29 is 27.6 Å². The average molecular weight is 369 g/mol. The highest BCUT2D eigenvalue weighted by Crippen LogP contribution is 2.45. The van der Waals surface area contributed by atoms with Crippen LogP contribution in [0.4, 0.5) is 13.2 Å². The van der Waals surface area contributed by atoms with E-state index in [2.05, 4.69) is 5.32 Å². The van der Waals surface area contributed by atoms with E-state index in [4.69, 9.17) is 5.73 Å². The van der Waals surface area contributed by atoms with Gasteiger partial charge in [-0.3, -0.25) is 14.4 Å². The summed E-state index contributed by atoms with van der Waals surface area (Å²) in [5.74, 6) is -1.56. The molecule has 3 amide bonds. The minimum Gasteiger partial charge on any atom is -0.369 e. The Hall–Kier alpha value is -2.58. The molecule has 1 atom stereocenters. The molecule has 3 N–H and O–H groups in total. The van der Waals surface area contributed by atoms with Gasteiger partial charge in [-0.15, -0.1) is 0 Å². The Morgan fingerprint density at radius 2 is 1.92 bits per heavy atom. The minimum atomic E-state index is -4.51. The fourth-order valence-corrected chi connectivity index (χ4v) is 3.20. The van der Waals surface area contributed by atoms with Gasteiger partial charge in [0, 0.05) is 19.5 Å². The van der Waals surface area contributed by atoms with E-state index in [-0.39, 0.29) is 31.0 Å². The number of benzene rings is 1. The first kappa shape index (κ1) is 18.2. The van der Waals surface area contributed by atoms with Crippen LogP contribution in [0.2, 0.25) is 0 Å². The van der Waals surface area contributed by atoms with E-state index < -0.39 is 35.0 Å². The molecule has 2 fully saturated rings. The Balaban J connectivity index is 1.66. The summed E-state index contributed by atoms with van der Waals surface area (Å²) < 4.78 is 39.2. The number of carbonyl (C=O) groups is 3. The van der Waals surface area contributed by atoms with Crippen molar-refractivity contribution in [3.63, 3.8) is 0 Å². The molecule has 0 unspecified atom stereocenters. The van der Waals surface area contributed by atoms with Crippen LogP contribution in [0.5, 0.6) is 0 Å². The van der Waals surface area contributed by atoms with Gasteiger partial charge in [0.05, 0.1) is 11.6 Å². The Kier molecular flexibility index (Phi) is 4.41. The molecule has 1 aromatic rings. The summed E-state index contributed by atoms with van der Waals surface area (Å²) in [7, 11) is 0. The van der Waals surface area contributed by atoms with Crippen LogP contribution in [-0.2, 0) is 27.1 Å². The monoisotopic (exact) mass is 369 g/mol. The summed E-state index contributed by atoms with van der Waals surface area (Å²) in [6, 6.07) is 4.52. The number of alkyl halides is 3. The molecule has 9 heteroatoms. The van der Waals surface area contributed by atoms with Crippen LogP contribution >= 0.6 is 0 Å². The molecule has 0 aromatic heterocycles. The highest BCUT2D eigenvalue weighted by Gasteiger charge is 2.56. The molecular formula is C17H18F3N3O3. The molecule has 1 aliphatic heterocycles. The first-order chi connectivity index (χ1) is 12.1. The number of hydrogen-bond donors (Lipinski definition) is 2. The number of carbonyl (C=O) groups excluding carboxylic acids is 3. The number of amides is 3. The molecule has 0 spiro atoms. The van der Waals surface area contributed by atoms with E-state index in [0.717, 1.165) is 6.07 Å². The second-order valence-electron chi connectivity index (χ2n) is 6.75. The highest BCUT2D eigenvalue weighted by atomic mass is 19.4.